The molecule has 0 spiro atoms. The van der Waals surface area contributed by atoms with Crippen molar-refractivity contribution in [2.75, 3.05) is 13.2 Å². The van der Waals surface area contributed by atoms with Crippen LogP contribution in [-0.4, -0.2) is 36.4 Å². The van der Waals surface area contributed by atoms with E-state index in [1.165, 1.54) is 154 Å². The second kappa shape index (κ2) is 53.7. The van der Waals surface area contributed by atoms with Gasteiger partial charge in [0.25, 0.3) is 0 Å². The van der Waals surface area contributed by atoms with Gasteiger partial charge < -0.3 is 14.6 Å². The number of esters is 2. The number of ether oxygens (including phenoxy) is 2. The molecule has 5 heteroatoms. The summed E-state index contributed by atoms with van der Waals surface area (Å²) in [4.78, 5) is 24.5. The summed E-state index contributed by atoms with van der Waals surface area (Å²) in [7, 11) is 0. The average molecular weight is 879 g/mol. The fourth-order valence-electron chi connectivity index (χ4n) is 7.74. The fourth-order valence-corrected chi connectivity index (χ4v) is 7.74. The molecule has 0 rings (SSSR count). The third kappa shape index (κ3) is 51.9. The lowest BCUT2D eigenvalue weighted by Gasteiger charge is -2.15. The Morgan fingerprint density at radius 3 is 1.03 bits per heavy atom. The molecule has 0 radical (unpaired) electrons. The quantitative estimate of drug-likeness (QED) is 0.0374. The van der Waals surface area contributed by atoms with Gasteiger partial charge in [-0.05, 0) is 64.2 Å². The molecular formula is C58H102O5. The van der Waals surface area contributed by atoms with Gasteiger partial charge in [-0.15, -0.1) is 0 Å². The molecule has 0 aliphatic rings. The van der Waals surface area contributed by atoms with Crippen LogP contribution in [0.2, 0.25) is 0 Å². The molecule has 1 atom stereocenters. The lowest BCUT2D eigenvalue weighted by atomic mass is 10.0. The van der Waals surface area contributed by atoms with Crippen LogP contribution in [0.3, 0.4) is 0 Å². The van der Waals surface area contributed by atoms with Gasteiger partial charge in [-0.3, -0.25) is 9.59 Å². The number of unbranched alkanes of at least 4 members (excludes halogenated alkanes) is 29. The average Bonchev–Trinajstić information content (AvgIpc) is 3.29. The van der Waals surface area contributed by atoms with E-state index in [2.05, 4.69) is 86.8 Å². The molecule has 0 aliphatic carbocycles. The van der Waals surface area contributed by atoms with Crippen LogP contribution < -0.4 is 0 Å². The van der Waals surface area contributed by atoms with E-state index in [1.54, 1.807) is 0 Å². The smallest absolute Gasteiger partial charge is 0.306 e. The summed E-state index contributed by atoms with van der Waals surface area (Å²) in [6.45, 7) is 4.04. The predicted octanol–water partition coefficient (Wildman–Crippen LogP) is 18.0. The van der Waals surface area contributed by atoms with E-state index >= 15 is 0 Å². The summed E-state index contributed by atoms with van der Waals surface area (Å²) in [6.07, 6.45) is 72.9. The van der Waals surface area contributed by atoms with Gasteiger partial charge in [0.1, 0.15) is 6.61 Å². The minimum absolute atomic E-state index is 0.0722. The van der Waals surface area contributed by atoms with Crippen molar-refractivity contribution in [3.8, 4) is 0 Å². The number of hydrogen-bond acceptors (Lipinski definition) is 5. The highest BCUT2D eigenvalue weighted by atomic mass is 16.6. The Bertz CT molecular complexity index is 1130. The van der Waals surface area contributed by atoms with Crippen molar-refractivity contribution in [1.29, 1.82) is 0 Å². The zero-order valence-corrected chi connectivity index (χ0v) is 41.6. The van der Waals surface area contributed by atoms with Crippen molar-refractivity contribution in [3.05, 3.63) is 72.9 Å². The Kier molecular flexibility index (Phi) is 51.4. The molecule has 5 nitrogen and oxygen atoms in total. The highest BCUT2D eigenvalue weighted by Crippen LogP contribution is 2.16. The van der Waals surface area contributed by atoms with E-state index in [0.29, 0.717) is 12.8 Å². The molecule has 0 aromatic heterocycles. The maximum absolute atomic E-state index is 12.3. The molecule has 364 valence electrons. The van der Waals surface area contributed by atoms with Gasteiger partial charge in [-0.25, -0.2) is 0 Å². The van der Waals surface area contributed by atoms with Crippen LogP contribution in [0.4, 0.5) is 0 Å². The first-order chi connectivity index (χ1) is 31.1. The number of rotatable bonds is 49. The van der Waals surface area contributed by atoms with Gasteiger partial charge in [0, 0.05) is 12.8 Å². The summed E-state index contributed by atoms with van der Waals surface area (Å²) in [5, 5.41) is 9.64. The van der Waals surface area contributed by atoms with Gasteiger partial charge >= 0.3 is 11.9 Å². The fraction of sp³-hybridized carbons (Fsp3) is 0.759. The largest absolute Gasteiger partial charge is 0.462 e. The molecule has 0 aromatic carbocycles. The summed E-state index contributed by atoms with van der Waals surface area (Å²) in [6, 6.07) is 0. The van der Waals surface area contributed by atoms with Gasteiger partial charge in [0.05, 0.1) is 6.61 Å². The molecular weight excluding hydrogens is 777 g/mol. The van der Waals surface area contributed by atoms with Crippen LogP contribution in [0.15, 0.2) is 72.9 Å². The van der Waals surface area contributed by atoms with Crippen molar-refractivity contribution in [1.82, 2.24) is 0 Å². The van der Waals surface area contributed by atoms with Gasteiger partial charge in [0.2, 0.25) is 0 Å². The third-order valence-electron chi connectivity index (χ3n) is 11.8. The molecule has 63 heavy (non-hydrogen) atoms. The van der Waals surface area contributed by atoms with Crippen molar-refractivity contribution in [2.24, 2.45) is 0 Å². The molecule has 0 aromatic rings. The van der Waals surface area contributed by atoms with E-state index in [1.807, 2.05) is 0 Å². The Hall–Kier alpha value is -2.66. The summed E-state index contributed by atoms with van der Waals surface area (Å²) < 4.78 is 10.7. The minimum Gasteiger partial charge on any atom is -0.462 e. The van der Waals surface area contributed by atoms with Crippen LogP contribution in [0, 0.1) is 0 Å². The third-order valence-corrected chi connectivity index (χ3v) is 11.8. The van der Waals surface area contributed by atoms with E-state index in [9.17, 15) is 14.7 Å². The number of aliphatic hydroxyl groups excluding tert-OH is 1. The number of hydrogen-bond donors (Lipinski definition) is 1. The standard InChI is InChI=1S/C58H102O5/c1-3-5-7-9-11-13-15-17-19-21-23-25-27-29-31-33-35-37-39-41-43-45-47-49-51-53-58(61)63-56(54-59)55-62-57(60)52-50-48-46-44-42-40-38-36-34-32-30-28-26-24-22-20-18-16-14-12-10-8-6-4-2/h5,7,11,13,17,19,23,25,29,31,35,37,56,59H,3-4,6,8-10,12,14-16,18,20-22,24,26-28,30,32-34,36,38-55H2,1-2H3/b7-5-,13-11-,19-17-,25-23-,31-29-,37-35-. The molecule has 0 amide bonds. The van der Waals surface area contributed by atoms with Gasteiger partial charge in [0.15, 0.2) is 6.10 Å². The number of allylic oxidation sites excluding steroid dienone is 12. The second-order valence-electron chi connectivity index (χ2n) is 17.9. The van der Waals surface area contributed by atoms with Crippen LogP contribution >= 0.6 is 0 Å². The maximum atomic E-state index is 12.3. The van der Waals surface area contributed by atoms with Gasteiger partial charge in [-0.2, -0.15) is 0 Å². The molecule has 0 aliphatic heterocycles. The van der Waals surface area contributed by atoms with Gasteiger partial charge in [-0.1, -0.05) is 260 Å². The highest BCUT2D eigenvalue weighted by Gasteiger charge is 2.16. The van der Waals surface area contributed by atoms with E-state index in [0.717, 1.165) is 83.5 Å². The van der Waals surface area contributed by atoms with E-state index < -0.39 is 6.10 Å². The Morgan fingerprint density at radius 1 is 0.381 bits per heavy atom. The van der Waals surface area contributed by atoms with Crippen LogP contribution in [0.25, 0.3) is 0 Å². The molecule has 1 N–H and O–H groups in total. The lowest BCUT2D eigenvalue weighted by Crippen LogP contribution is -2.28. The topological polar surface area (TPSA) is 72.8 Å². The van der Waals surface area contributed by atoms with Crippen molar-refractivity contribution in [3.63, 3.8) is 0 Å². The predicted molar refractivity (Wildman–Crippen MR) is 274 cm³/mol. The Balaban J connectivity index is 3.53. The minimum atomic E-state index is -0.783. The highest BCUT2D eigenvalue weighted by molar-refractivity contribution is 5.70. The zero-order valence-electron chi connectivity index (χ0n) is 41.6. The Labute approximate surface area is 391 Å². The van der Waals surface area contributed by atoms with Crippen LogP contribution in [0.1, 0.15) is 264 Å². The SMILES string of the molecule is CC/C=C\C/C=C\C/C=C\C/C=C\C/C=C\C/C=C\CCCCCCCCC(=O)OC(CO)COC(=O)CCCCCCCCCCCCCCCCCCCCCCCCCC. The summed E-state index contributed by atoms with van der Waals surface area (Å²) >= 11 is 0. The number of aliphatic hydroxyl groups is 1. The number of carbonyl (C=O) groups excluding carboxylic acids is 2. The van der Waals surface area contributed by atoms with Crippen molar-refractivity contribution < 1.29 is 24.2 Å². The second-order valence-corrected chi connectivity index (χ2v) is 17.9. The van der Waals surface area contributed by atoms with E-state index in [-0.39, 0.29) is 25.2 Å². The maximum Gasteiger partial charge on any atom is 0.306 e. The Morgan fingerprint density at radius 2 is 0.683 bits per heavy atom. The molecule has 1 unspecified atom stereocenters. The normalized spacial score (nSPS) is 12.7. The first-order valence-corrected chi connectivity index (χ1v) is 27.0. The first kappa shape index (κ1) is 60.3. The molecule has 0 fully saturated rings. The molecule has 0 saturated heterocycles. The number of carbonyl (C=O) groups is 2. The van der Waals surface area contributed by atoms with Crippen molar-refractivity contribution >= 4 is 11.9 Å². The van der Waals surface area contributed by atoms with Crippen LogP contribution in [-0.2, 0) is 19.1 Å². The summed E-state index contributed by atoms with van der Waals surface area (Å²) in [5.41, 5.74) is 0. The van der Waals surface area contributed by atoms with Crippen LogP contribution in [0.5, 0.6) is 0 Å². The monoisotopic (exact) mass is 879 g/mol. The molecule has 0 bridgehead atoms. The first-order valence-electron chi connectivity index (χ1n) is 27.0. The van der Waals surface area contributed by atoms with Crippen molar-refractivity contribution in [2.45, 2.75) is 270 Å². The molecule has 0 heterocycles. The zero-order chi connectivity index (χ0) is 45.6. The lowest BCUT2D eigenvalue weighted by molar-refractivity contribution is -0.161. The summed E-state index contributed by atoms with van der Waals surface area (Å²) in [5.74, 6) is -0.600. The molecule has 0 saturated carbocycles. The van der Waals surface area contributed by atoms with E-state index in [4.69, 9.17) is 9.47 Å².